The first-order chi connectivity index (χ1) is 8.05. The molecule has 0 aliphatic carbocycles. The SMILES string of the molecule is COc1ccc(OC)c(S(=O)(=O)OCCN)c1. The van der Waals surface area contributed by atoms with Crippen molar-refractivity contribution < 1.29 is 22.1 Å². The zero-order chi connectivity index (χ0) is 12.9. The summed E-state index contributed by atoms with van der Waals surface area (Å²) in [7, 11) is -1.06. The summed E-state index contributed by atoms with van der Waals surface area (Å²) in [5.41, 5.74) is 5.20. The molecule has 0 aromatic heterocycles. The molecule has 1 rings (SSSR count). The average molecular weight is 261 g/mol. The van der Waals surface area contributed by atoms with Crippen molar-refractivity contribution >= 4 is 10.1 Å². The molecule has 0 aliphatic rings. The minimum absolute atomic E-state index is 0.0761. The summed E-state index contributed by atoms with van der Waals surface area (Å²) in [5, 5.41) is 0. The van der Waals surface area contributed by atoms with Gasteiger partial charge in [-0.15, -0.1) is 0 Å². The average Bonchev–Trinajstić information content (AvgIpc) is 2.35. The third kappa shape index (κ3) is 3.32. The van der Waals surface area contributed by atoms with E-state index < -0.39 is 10.1 Å². The topological polar surface area (TPSA) is 87.8 Å². The van der Waals surface area contributed by atoms with E-state index in [1.165, 1.54) is 26.4 Å². The molecule has 1 aromatic rings. The lowest BCUT2D eigenvalue weighted by Gasteiger charge is -2.10. The molecule has 2 N–H and O–H groups in total. The van der Waals surface area contributed by atoms with Gasteiger partial charge in [0.05, 0.1) is 20.8 Å². The molecule has 0 heterocycles. The Balaban J connectivity index is 3.17. The van der Waals surface area contributed by atoms with E-state index in [1.807, 2.05) is 0 Å². The van der Waals surface area contributed by atoms with Crippen molar-refractivity contribution in [2.45, 2.75) is 4.90 Å². The van der Waals surface area contributed by atoms with E-state index in [1.54, 1.807) is 6.07 Å². The van der Waals surface area contributed by atoms with Crippen LogP contribution in [0.3, 0.4) is 0 Å². The highest BCUT2D eigenvalue weighted by Gasteiger charge is 2.21. The van der Waals surface area contributed by atoms with Crippen LogP contribution in [0.2, 0.25) is 0 Å². The number of benzene rings is 1. The largest absolute Gasteiger partial charge is 0.497 e. The number of hydrogen-bond donors (Lipinski definition) is 1. The van der Waals surface area contributed by atoms with Gasteiger partial charge in [-0.25, -0.2) is 0 Å². The van der Waals surface area contributed by atoms with Crippen LogP contribution in [0.1, 0.15) is 0 Å². The van der Waals surface area contributed by atoms with Gasteiger partial charge in [-0.2, -0.15) is 8.42 Å². The number of rotatable bonds is 6. The summed E-state index contributed by atoms with van der Waals surface area (Å²) < 4.78 is 38.3. The monoisotopic (exact) mass is 261 g/mol. The fraction of sp³-hybridized carbons (Fsp3) is 0.400. The molecule has 0 aliphatic heterocycles. The highest BCUT2D eigenvalue weighted by atomic mass is 32.2. The highest BCUT2D eigenvalue weighted by molar-refractivity contribution is 7.86. The van der Waals surface area contributed by atoms with Gasteiger partial charge < -0.3 is 15.2 Å². The summed E-state index contributed by atoms with van der Waals surface area (Å²) in [6.07, 6.45) is 0. The van der Waals surface area contributed by atoms with E-state index in [4.69, 9.17) is 19.4 Å². The second kappa shape index (κ2) is 5.85. The van der Waals surface area contributed by atoms with E-state index in [9.17, 15) is 8.42 Å². The minimum Gasteiger partial charge on any atom is -0.497 e. The predicted octanol–water partition coefficient (Wildman–Crippen LogP) is 0.368. The normalized spacial score (nSPS) is 11.2. The fourth-order valence-corrected chi connectivity index (χ4v) is 2.30. The third-order valence-electron chi connectivity index (χ3n) is 2.00. The molecule has 1 aromatic carbocycles. The van der Waals surface area contributed by atoms with E-state index in [0.717, 1.165) is 0 Å². The van der Waals surface area contributed by atoms with Crippen LogP contribution in [-0.2, 0) is 14.3 Å². The first-order valence-corrected chi connectivity index (χ1v) is 6.27. The summed E-state index contributed by atoms with van der Waals surface area (Å²) >= 11 is 0. The van der Waals surface area contributed by atoms with Gasteiger partial charge in [-0.3, -0.25) is 4.18 Å². The third-order valence-corrected chi connectivity index (χ3v) is 3.33. The van der Waals surface area contributed by atoms with Crippen LogP contribution in [0.25, 0.3) is 0 Å². The molecule has 0 saturated heterocycles. The molecular formula is C10H15NO5S. The molecule has 17 heavy (non-hydrogen) atoms. The molecule has 96 valence electrons. The van der Waals surface area contributed by atoms with Gasteiger partial charge in [0.25, 0.3) is 0 Å². The molecule has 6 nitrogen and oxygen atoms in total. The molecule has 0 saturated carbocycles. The number of nitrogens with two attached hydrogens (primary N) is 1. The first-order valence-electron chi connectivity index (χ1n) is 4.86. The second-order valence-electron chi connectivity index (χ2n) is 3.08. The lowest BCUT2D eigenvalue weighted by atomic mass is 10.3. The summed E-state index contributed by atoms with van der Waals surface area (Å²) in [6.45, 7) is 0.0359. The van der Waals surface area contributed by atoms with Gasteiger partial charge >= 0.3 is 10.1 Å². The smallest absolute Gasteiger partial charge is 0.300 e. The predicted molar refractivity (Wildman–Crippen MR) is 61.7 cm³/mol. The molecule has 7 heteroatoms. The quantitative estimate of drug-likeness (QED) is 0.744. The number of hydrogen-bond acceptors (Lipinski definition) is 6. The van der Waals surface area contributed by atoms with Crippen molar-refractivity contribution in [1.29, 1.82) is 0 Å². The standard InChI is InChI=1S/C10H15NO5S/c1-14-8-3-4-9(15-2)10(7-8)17(12,13)16-6-5-11/h3-4,7H,5-6,11H2,1-2H3. The minimum atomic E-state index is -3.88. The molecule has 0 bridgehead atoms. The van der Waals surface area contributed by atoms with Gasteiger partial charge in [0.1, 0.15) is 16.4 Å². The Kier molecular flexibility index (Phi) is 4.73. The fourth-order valence-electron chi connectivity index (χ4n) is 1.20. The van der Waals surface area contributed by atoms with Crippen LogP contribution >= 0.6 is 0 Å². The van der Waals surface area contributed by atoms with E-state index >= 15 is 0 Å². The number of ether oxygens (including phenoxy) is 2. The molecule has 0 amide bonds. The van der Waals surface area contributed by atoms with Gasteiger partial charge in [-0.05, 0) is 12.1 Å². The van der Waals surface area contributed by atoms with Crippen LogP contribution in [0, 0.1) is 0 Å². The maximum absolute atomic E-state index is 11.8. The number of methoxy groups -OCH3 is 2. The van der Waals surface area contributed by atoms with Crippen molar-refractivity contribution in [2.75, 3.05) is 27.4 Å². The van der Waals surface area contributed by atoms with Gasteiger partial charge in [0.2, 0.25) is 0 Å². The zero-order valence-corrected chi connectivity index (χ0v) is 10.5. The zero-order valence-electron chi connectivity index (χ0n) is 9.67. The molecule has 0 radical (unpaired) electrons. The molecule has 0 atom stereocenters. The summed E-state index contributed by atoms with van der Waals surface area (Å²) in [5.74, 6) is 0.601. The molecular weight excluding hydrogens is 246 g/mol. The van der Waals surface area contributed by atoms with Gasteiger partial charge in [-0.1, -0.05) is 0 Å². The maximum Gasteiger partial charge on any atom is 0.300 e. The van der Waals surface area contributed by atoms with Crippen molar-refractivity contribution in [1.82, 2.24) is 0 Å². The van der Waals surface area contributed by atoms with Crippen LogP contribution < -0.4 is 15.2 Å². The lowest BCUT2D eigenvalue weighted by molar-refractivity contribution is 0.322. The van der Waals surface area contributed by atoms with Crippen molar-refractivity contribution in [2.24, 2.45) is 5.73 Å². The molecule has 0 fully saturated rings. The lowest BCUT2D eigenvalue weighted by Crippen LogP contribution is -2.15. The van der Waals surface area contributed by atoms with Crippen LogP contribution in [-0.4, -0.2) is 35.8 Å². The van der Waals surface area contributed by atoms with Crippen molar-refractivity contribution in [3.8, 4) is 11.5 Å². The molecule has 0 unspecified atom stereocenters. The van der Waals surface area contributed by atoms with Crippen LogP contribution in [0.15, 0.2) is 23.1 Å². The highest BCUT2D eigenvalue weighted by Crippen LogP contribution is 2.29. The van der Waals surface area contributed by atoms with E-state index in [-0.39, 0.29) is 23.8 Å². The Bertz CT molecular complexity index is 472. The Morgan fingerprint density at radius 1 is 1.24 bits per heavy atom. The summed E-state index contributed by atoms with van der Waals surface area (Å²) in [4.78, 5) is -0.0761. The summed E-state index contributed by atoms with van der Waals surface area (Å²) in [6, 6.07) is 4.43. The Labute approximate surface area is 100 Å². The Morgan fingerprint density at radius 2 is 1.94 bits per heavy atom. The first kappa shape index (κ1) is 13.8. The van der Waals surface area contributed by atoms with Crippen molar-refractivity contribution in [3.05, 3.63) is 18.2 Å². The molecule has 0 spiro atoms. The Morgan fingerprint density at radius 3 is 2.47 bits per heavy atom. The van der Waals surface area contributed by atoms with Crippen molar-refractivity contribution in [3.63, 3.8) is 0 Å². The van der Waals surface area contributed by atoms with E-state index in [2.05, 4.69) is 0 Å². The maximum atomic E-state index is 11.8. The van der Waals surface area contributed by atoms with Crippen LogP contribution in [0.5, 0.6) is 11.5 Å². The van der Waals surface area contributed by atoms with Crippen LogP contribution in [0.4, 0.5) is 0 Å². The van der Waals surface area contributed by atoms with Gasteiger partial charge in [0, 0.05) is 12.6 Å². The van der Waals surface area contributed by atoms with E-state index in [0.29, 0.717) is 5.75 Å². The Hall–Kier alpha value is -1.31. The second-order valence-corrected chi connectivity index (χ2v) is 4.67. The van der Waals surface area contributed by atoms with Gasteiger partial charge in [0.15, 0.2) is 0 Å².